The van der Waals surface area contributed by atoms with Crippen LogP contribution in [0.25, 0.3) is 0 Å². The van der Waals surface area contributed by atoms with Gasteiger partial charge in [-0.1, -0.05) is 23.7 Å². The van der Waals surface area contributed by atoms with Crippen LogP contribution in [0.2, 0.25) is 5.02 Å². The van der Waals surface area contributed by atoms with Gasteiger partial charge in [-0.25, -0.2) is 0 Å². The van der Waals surface area contributed by atoms with E-state index in [-0.39, 0.29) is 5.91 Å². The summed E-state index contributed by atoms with van der Waals surface area (Å²) in [6, 6.07) is 9.70. The maximum absolute atomic E-state index is 11.8. The van der Waals surface area contributed by atoms with E-state index in [1.165, 1.54) is 4.88 Å². The van der Waals surface area contributed by atoms with Crippen LogP contribution in [0, 0.1) is 6.92 Å². The van der Waals surface area contributed by atoms with Crippen molar-refractivity contribution < 1.29 is 4.79 Å². The molecular weight excluding hydrogens is 278 g/mol. The van der Waals surface area contributed by atoms with E-state index >= 15 is 0 Å². The Morgan fingerprint density at radius 1 is 1.37 bits per heavy atom. The van der Waals surface area contributed by atoms with Crippen LogP contribution in [0.5, 0.6) is 0 Å². The molecule has 0 bridgehead atoms. The molecule has 0 fully saturated rings. The number of hydrogen-bond donors (Lipinski definition) is 1. The van der Waals surface area contributed by atoms with Crippen LogP contribution >= 0.6 is 22.9 Å². The second-order valence-electron chi connectivity index (χ2n) is 4.45. The zero-order chi connectivity index (χ0) is 13.7. The Bertz CT molecular complexity index is 551. The molecule has 0 aliphatic heterocycles. The molecule has 0 saturated carbocycles. The molecule has 1 amide bonds. The maximum atomic E-state index is 11.8. The fourth-order valence-corrected chi connectivity index (χ4v) is 2.70. The van der Waals surface area contributed by atoms with Gasteiger partial charge in [0.25, 0.3) is 0 Å². The molecule has 0 unspecified atom stereocenters. The normalized spacial score (nSPS) is 10.4. The van der Waals surface area contributed by atoms with E-state index < -0.39 is 0 Å². The number of halogens is 1. The van der Waals surface area contributed by atoms with Crippen molar-refractivity contribution in [1.82, 2.24) is 0 Å². The van der Waals surface area contributed by atoms with E-state index in [9.17, 15) is 4.79 Å². The second-order valence-corrected chi connectivity index (χ2v) is 5.88. The van der Waals surface area contributed by atoms with Gasteiger partial charge in [0, 0.05) is 22.0 Å². The predicted octanol–water partition coefficient (Wildman–Crippen LogP) is 4.67. The topological polar surface area (TPSA) is 29.1 Å². The van der Waals surface area contributed by atoms with Crippen molar-refractivity contribution in [1.29, 1.82) is 0 Å². The number of anilines is 1. The van der Waals surface area contributed by atoms with Crippen LogP contribution < -0.4 is 5.32 Å². The molecule has 1 aromatic carbocycles. The van der Waals surface area contributed by atoms with Crippen LogP contribution in [0.1, 0.15) is 23.3 Å². The minimum Gasteiger partial charge on any atom is -0.326 e. The first-order valence-electron chi connectivity index (χ1n) is 6.23. The van der Waals surface area contributed by atoms with Gasteiger partial charge in [-0.05, 0) is 48.9 Å². The Labute approximate surface area is 122 Å². The summed E-state index contributed by atoms with van der Waals surface area (Å²) in [4.78, 5) is 13.1. The lowest BCUT2D eigenvalue weighted by Gasteiger charge is -2.06. The molecule has 19 heavy (non-hydrogen) atoms. The summed E-state index contributed by atoms with van der Waals surface area (Å²) < 4.78 is 0. The zero-order valence-electron chi connectivity index (χ0n) is 10.8. The number of hydrogen-bond acceptors (Lipinski definition) is 2. The first-order chi connectivity index (χ1) is 9.15. The van der Waals surface area contributed by atoms with Gasteiger partial charge in [0.2, 0.25) is 5.91 Å². The van der Waals surface area contributed by atoms with Gasteiger partial charge in [0.15, 0.2) is 0 Å². The number of carbonyl (C=O) groups excluding carboxylic acids is 1. The van der Waals surface area contributed by atoms with E-state index in [0.29, 0.717) is 11.4 Å². The summed E-state index contributed by atoms with van der Waals surface area (Å²) in [5.74, 6) is 0.0384. The van der Waals surface area contributed by atoms with E-state index in [1.807, 2.05) is 25.1 Å². The van der Waals surface area contributed by atoms with Gasteiger partial charge in [-0.3, -0.25) is 4.79 Å². The Hall–Kier alpha value is -1.32. The first-order valence-corrected chi connectivity index (χ1v) is 7.49. The van der Waals surface area contributed by atoms with Crippen LogP contribution in [0.15, 0.2) is 35.7 Å². The molecule has 0 radical (unpaired) electrons. The highest BCUT2D eigenvalue weighted by molar-refractivity contribution is 7.09. The third-order valence-electron chi connectivity index (χ3n) is 2.86. The molecule has 4 heteroatoms. The lowest BCUT2D eigenvalue weighted by Crippen LogP contribution is -2.11. The number of nitrogens with one attached hydrogen (secondary N) is 1. The van der Waals surface area contributed by atoms with Gasteiger partial charge in [0.1, 0.15) is 0 Å². The largest absolute Gasteiger partial charge is 0.326 e. The third-order valence-corrected chi connectivity index (χ3v) is 4.21. The number of amides is 1. The zero-order valence-corrected chi connectivity index (χ0v) is 12.4. The molecule has 2 rings (SSSR count). The fraction of sp³-hybridized carbons (Fsp3) is 0.267. The molecule has 2 aromatic rings. The van der Waals surface area contributed by atoms with Crippen molar-refractivity contribution in [2.45, 2.75) is 26.2 Å². The lowest BCUT2D eigenvalue weighted by atomic mass is 10.2. The van der Waals surface area contributed by atoms with Crippen LogP contribution in [0.3, 0.4) is 0 Å². The maximum Gasteiger partial charge on any atom is 0.224 e. The fourth-order valence-electron chi connectivity index (χ4n) is 1.77. The van der Waals surface area contributed by atoms with Crippen LogP contribution in [-0.4, -0.2) is 5.91 Å². The van der Waals surface area contributed by atoms with Gasteiger partial charge < -0.3 is 5.32 Å². The van der Waals surface area contributed by atoms with Gasteiger partial charge in [-0.2, -0.15) is 0 Å². The lowest BCUT2D eigenvalue weighted by molar-refractivity contribution is -0.116. The summed E-state index contributed by atoms with van der Waals surface area (Å²) in [6.45, 7) is 1.94. The SMILES string of the molecule is Cc1ccc(NC(=O)CCCc2cccs2)cc1Cl. The molecule has 0 aliphatic carbocycles. The summed E-state index contributed by atoms with van der Waals surface area (Å²) in [7, 11) is 0. The van der Waals surface area contributed by atoms with Crippen molar-refractivity contribution in [3.05, 3.63) is 51.2 Å². The molecule has 2 nitrogen and oxygen atoms in total. The van der Waals surface area contributed by atoms with E-state index in [4.69, 9.17) is 11.6 Å². The van der Waals surface area contributed by atoms with Gasteiger partial charge in [-0.15, -0.1) is 11.3 Å². The summed E-state index contributed by atoms with van der Waals surface area (Å²) in [6.07, 6.45) is 2.36. The molecule has 0 aliphatic rings. The minimum absolute atomic E-state index is 0.0384. The predicted molar refractivity (Wildman–Crippen MR) is 82.1 cm³/mol. The third kappa shape index (κ3) is 4.37. The number of benzene rings is 1. The molecule has 0 spiro atoms. The number of carbonyl (C=O) groups is 1. The molecule has 0 atom stereocenters. The number of rotatable bonds is 5. The van der Waals surface area contributed by atoms with E-state index in [1.54, 1.807) is 17.4 Å². The van der Waals surface area contributed by atoms with Crippen molar-refractivity contribution in [2.75, 3.05) is 5.32 Å². The monoisotopic (exact) mass is 293 g/mol. The van der Waals surface area contributed by atoms with Crippen LogP contribution in [0.4, 0.5) is 5.69 Å². The van der Waals surface area contributed by atoms with Crippen LogP contribution in [-0.2, 0) is 11.2 Å². The Morgan fingerprint density at radius 2 is 2.21 bits per heavy atom. The Morgan fingerprint density at radius 3 is 2.89 bits per heavy atom. The molecule has 1 N–H and O–H groups in total. The number of aryl methyl sites for hydroxylation is 2. The van der Waals surface area contributed by atoms with Gasteiger partial charge in [0.05, 0.1) is 0 Å². The minimum atomic E-state index is 0.0384. The standard InChI is InChI=1S/C15H16ClNOS/c1-11-7-8-12(10-14(11)16)17-15(18)6-2-4-13-5-3-9-19-13/h3,5,7-10H,2,4,6H2,1H3,(H,17,18). The number of thiophene rings is 1. The Kier molecular flexibility index (Phi) is 5.00. The highest BCUT2D eigenvalue weighted by Crippen LogP contribution is 2.20. The molecular formula is C15H16ClNOS. The summed E-state index contributed by atoms with van der Waals surface area (Å²) >= 11 is 7.75. The van der Waals surface area contributed by atoms with E-state index in [0.717, 1.165) is 24.1 Å². The van der Waals surface area contributed by atoms with E-state index in [2.05, 4.69) is 16.8 Å². The molecule has 1 heterocycles. The summed E-state index contributed by atoms with van der Waals surface area (Å²) in [5.41, 5.74) is 1.77. The average molecular weight is 294 g/mol. The van der Waals surface area contributed by atoms with Crippen molar-refractivity contribution >= 4 is 34.5 Å². The highest BCUT2D eigenvalue weighted by atomic mass is 35.5. The molecule has 100 valence electrons. The Balaban J connectivity index is 1.79. The smallest absolute Gasteiger partial charge is 0.224 e. The van der Waals surface area contributed by atoms with Crippen molar-refractivity contribution in [3.8, 4) is 0 Å². The van der Waals surface area contributed by atoms with Gasteiger partial charge >= 0.3 is 0 Å². The quantitative estimate of drug-likeness (QED) is 0.852. The molecule has 0 saturated heterocycles. The highest BCUT2D eigenvalue weighted by Gasteiger charge is 2.04. The summed E-state index contributed by atoms with van der Waals surface area (Å²) in [5, 5.41) is 5.61. The first kappa shape index (κ1) is 14.1. The average Bonchev–Trinajstić information content (AvgIpc) is 2.87. The molecule has 1 aromatic heterocycles. The van der Waals surface area contributed by atoms with Crippen molar-refractivity contribution in [3.63, 3.8) is 0 Å². The second kappa shape index (κ2) is 6.73. The van der Waals surface area contributed by atoms with Crippen molar-refractivity contribution in [2.24, 2.45) is 0 Å².